The van der Waals surface area contributed by atoms with Crippen LogP contribution in [0.3, 0.4) is 0 Å². The van der Waals surface area contributed by atoms with E-state index in [1.165, 1.54) is 7.11 Å². The standard InChI is InChI=1S/C31H41ClN4O6/c1-36(18-15-22-13-16-33-17-14-22)28(37)12-11-26(30(39)41-2)34-29(38)27(20-23-7-4-3-5-8-23)35-31(40)42-21-24-9-6-10-25(32)19-24/h6,9-10,13-14,16-17,19,23,26-27H,3-5,7-8,11-12,15,18,20-21H2,1-2H3,(H,34,38)(H,35,40). The minimum atomic E-state index is -1.04. The van der Waals surface area contributed by atoms with Crippen molar-refractivity contribution >= 4 is 35.5 Å². The van der Waals surface area contributed by atoms with E-state index in [0.717, 1.165) is 37.7 Å². The van der Waals surface area contributed by atoms with Crippen LogP contribution in [-0.2, 0) is 36.9 Å². The van der Waals surface area contributed by atoms with E-state index in [4.69, 9.17) is 21.1 Å². The molecule has 3 amide bonds. The second-order valence-electron chi connectivity index (χ2n) is 10.7. The number of hydrogen-bond donors (Lipinski definition) is 2. The first kappa shape index (κ1) is 32.8. The number of esters is 1. The topological polar surface area (TPSA) is 127 Å². The number of rotatable bonds is 14. The van der Waals surface area contributed by atoms with E-state index in [-0.39, 0.29) is 31.3 Å². The van der Waals surface area contributed by atoms with Gasteiger partial charge in [-0.2, -0.15) is 0 Å². The van der Waals surface area contributed by atoms with Gasteiger partial charge in [-0.05, 0) is 60.6 Å². The Labute approximate surface area is 252 Å². The summed E-state index contributed by atoms with van der Waals surface area (Å²) in [5.41, 5.74) is 1.78. The van der Waals surface area contributed by atoms with Crippen molar-refractivity contribution in [2.45, 2.75) is 76.5 Å². The van der Waals surface area contributed by atoms with Crippen LogP contribution in [0.5, 0.6) is 0 Å². The van der Waals surface area contributed by atoms with Gasteiger partial charge in [0.2, 0.25) is 11.8 Å². The number of carbonyl (C=O) groups is 4. The van der Waals surface area contributed by atoms with Crippen LogP contribution < -0.4 is 10.6 Å². The molecule has 1 heterocycles. The van der Waals surface area contributed by atoms with E-state index in [2.05, 4.69) is 15.6 Å². The third-order valence-corrected chi connectivity index (χ3v) is 7.76. The maximum atomic E-state index is 13.4. The Morgan fingerprint density at radius 1 is 1.02 bits per heavy atom. The highest BCUT2D eigenvalue weighted by Crippen LogP contribution is 2.27. The lowest BCUT2D eigenvalue weighted by Crippen LogP contribution is -2.52. The SMILES string of the molecule is COC(=O)C(CCC(=O)N(C)CCc1ccncc1)NC(=O)C(CC1CCCCC1)NC(=O)OCc1cccc(Cl)c1. The molecule has 1 aliphatic carbocycles. The average Bonchev–Trinajstić information content (AvgIpc) is 3.00. The summed E-state index contributed by atoms with van der Waals surface area (Å²) in [6.45, 7) is 0.495. The first-order valence-corrected chi connectivity index (χ1v) is 14.8. The lowest BCUT2D eigenvalue weighted by Gasteiger charge is -2.27. The van der Waals surface area contributed by atoms with E-state index in [1.807, 2.05) is 12.1 Å². The largest absolute Gasteiger partial charge is 0.467 e. The average molecular weight is 601 g/mol. The highest BCUT2D eigenvalue weighted by molar-refractivity contribution is 6.30. The fourth-order valence-corrected chi connectivity index (χ4v) is 5.25. The molecule has 0 aliphatic heterocycles. The van der Waals surface area contributed by atoms with Crippen molar-refractivity contribution in [3.8, 4) is 0 Å². The molecule has 0 saturated heterocycles. The molecule has 2 N–H and O–H groups in total. The smallest absolute Gasteiger partial charge is 0.408 e. The lowest BCUT2D eigenvalue weighted by molar-refractivity contribution is -0.145. The first-order valence-electron chi connectivity index (χ1n) is 14.4. The molecule has 1 saturated carbocycles. The van der Waals surface area contributed by atoms with E-state index in [1.54, 1.807) is 48.6 Å². The number of alkyl carbamates (subject to hydrolysis) is 1. The summed E-state index contributed by atoms with van der Waals surface area (Å²) in [5, 5.41) is 5.93. The van der Waals surface area contributed by atoms with Crippen LogP contribution in [0.2, 0.25) is 5.02 Å². The van der Waals surface area contributed by atoms with Gasteiger partial charge < -0.3 is 25.0 Å². The molecule has 1 aromatic carbocycles. The monoisotopic (exact) mass is 600 g/mol. The number of amides is 3. The maximum Gasteiger partial charge on any atom is 0.408 e. The second-order valence-corrected chi connectivity index (χ2v) is 11.1. The summed E-state index contributed by atoms with van der Waals surface area (Å²) < 4.78 is 10.3. The number of benzene rings is 1. The van der Waals surface area contributed by atoms with Crippen molar-refractivity contribution in [3.63, 3.8) is 0 Å². The maximum absolute atomic E-state index is 13.4. The molecule has 10 nitrogen and oxygen atoms in total. The van der Waals surface area contributed by atoms with Gasteiger partial charge >= 0.3 is 12.1 Å². The molecule has 11 heteroatoms. The predicted molar refractivity (Wildman–Crippen MR) is 159 cm³/mol. The summed E-state index contributed by atoms with van der Waals surface area (Å²) in [7, 11) is 2.93. The van der Waals surface area contributed by atoms with Crippen LogP contribution in [0.15, 0.2) is 48.8 Å². The molecule has 0 radical (unpaired) electrons. The summed E-state index contributed by atoms with van der Waals surface area (Å²) in [6.07, 6.45) is 9.07. The zero-order chi connectivity index (χ0) is 30.3. The Bertz CT molecular complexity index is 1180. The lowest BCUT2D eigenvalue weighted by atomic mass is 9.84. The molecule has 3 rings (SSSR count). The van der Waals surface area contributed by atoms with Gasteiger partial charge in [0.1, 0.15) is 18.7 Å². The van der Waals surface area contributed by atoms with Gasteiger partial charge in [0.15, 0.2) is 0 Å². The Morgan fingerprint density at radius 3 is 2.45 bits per heavy atom. The van der Waals surface area contributed by atoms with Gasteiger partial charge in [-0.15, -0.1) is 0 Å². The van der Waals surface area contributed by atoms with Crippen LogP contribution in [-0.4, -0.2) is 66.5 Å². The summed E-state index contributed by atoms with van der Waals surface area (Å²) in [6, 6.07) is 8.79. The Kier molecular flexibility index (Phi) is 13.6. The van der Waals surface area contributed by atoms with Crippen LogP contribution in [0.1, 0.15) is 62.5 Å². The third kappa shape index (κ3) is 11.3. The van der Waals surface area contributed by atoms with Gasteiger partial charge in [0.25, 0.3) is 0 Å². The number of nitrogens with zero attached hydrogens (tertiary/aromatic N) is 2. The van der Waals surface area contributed by atoms with E-state index in [9.17, 15) is 19.2 Å². The van der Waals surface area contributed by atoms with Gasteiger partial charge in [0.05, 0.1) is 7.11 Å². The van der Waals surface area contributed by atoms with Gasteiger partial charge in [-0.25, -0.2) is 9.59 Å². The summed E-state index contributed by atoms with van der Waals surface area (Å²) >= 11 is 6.01. The van der Waals surface area contributed by atoms with Crippen molar-refractivity contribution in [1.29, 1.82) is 0 Å². The molecule has 2 aromatic rings. The molecule has 2 atom stereocenters. The molecule has 0 spiro atoms. The molecule has 42 heavy (non-hydrogen) atoms. The third-order valence-electron chi connectivity index (χ3n) is 7.52. The Balaban J connectivity index is 1.58. The van der Waals surface area contributed by atoms with E-state index in [0.29, 0.717) is 30.0 Å². The highest BCUT2D eigenvalue weighted by atomic mass is 35.5. The number of aromatic nitrogens is 1. The van der Waals surface area contributed by atoms with Crippen molar-refractivity contribution < 1.29 is 28.7 Å². The molecule has 1 fully saturated rings. The number of pyridine rings is 1. The minimum Gasteiger partial charge on any atom is -0.467 e. The number of likely N-dealkylation sites (N-methyl/N-ethyl adjacent to an activating group) is 1. The molecular weight excluding hydrogens is 560 g/mol. The fourth-order valence-electron chi connectivity index (χ4n) is 5.04. The second kappa shape index (κ2) is 17.3. The molecule has 1 aliphatic rings. The molecule has 0 bridgehead atoms. The zero-order valence-electron chi connectivity index (χ0n) is 24.4. The Morgan fingerprint density at radius 2 is 1.76 bits per heavy atom. The molecular formula is C31H41ClN4O6. The van der Waals surface area contributed by atoms with Gasteiger partial charge in [-0.1, -0.05) is 55.8 Å². The van der Waals surface area contributed by atoms with Crippen molar-refractivity contribution in [2.75, 3.05) is 20.7 Å². The molecule has 228 valence electrons. The van der Waals surface area contributed by atoms with E-state index >= 15 is 0 Å². The minimum absolute atomic E-state index is 0.00820. The molecule has 1 aromatic heterocycles. The Hall–Kier alpha value is -3.66. The van der Waals surface area contributed by atoms with Crippen molar-refractivity contribution in [2.24, 2.45) is 5.92 Å². The normalized spacial score (nSPS) is 14.7. The fraction of sp³-hybridized carbons (Fsp3) is 0.516. The van der Waals surface area contributed by atoms with Crippen LogP contribution in [0, 0.1) is 5.92 Å². The number of ether oxygens (including phenoxy) is 2. The summed E-state index contributed by atoms with van der Waals surface area (Å²) in [4.78, 5) is 57.1. The number of hydrogen-bond acceptors (Lipinski definition) is 7. The number of nitrogens with one attached hydrogen (secondary N) is 2. The van der Waals surface area contributed by atoms with E-state index < -0.39 is 30.1 Å². The van der Waals surface area contributed by atoms with Crippen molar-refractivity contribution in [1.82, 2.24) is 20.5 Å². The molecule has 2 unspecified atom stereocenters. The number of halogens is 1. The predicted octanol–water partition coefficient (Wildman–Crippen LogP) is 4.44. The highest BCUT2D eigenvalue weighted by Gasteiger charge is 2.30. The summed E-state index contributed by atoms with van der Waals surface area (Å²) in [5.74, 6) is -1.08. The zero-order valence-corrected chi connectivity index (χ0v) is 25.1. The number of methoxy groups -OCH3 is 1. The van der Waals surface area contributed by atoms with Gasteiger partial charge in [0, 0.05) is 37.4 Å². The van der Waals surface area contributed by atoms with Crippen LogP contribution in [0.25, 0.3) is 0 Å². The first-order chi connectivity index (χ1) is 20.2. The van der Waals surface area contributed by atoms with Crippen molar-refractivity contribution in [3.05, 3.63) is 64.9 Å². The van der Waals surface area contributed by atoms with Crippen LogP contribution >= 0.6 is 11.6 Å². The van der Waals surface area contributed by atoms with Gasteiger partial charge in [-0.3, -0.25) is 14.6 Å². The van der Waals surface area contributed by atoms with Crippen LogP contribution in [0.4, 0.5) is 4.79 Å². The quantitative estimate of drug-likeness (QED) is 0.307. The number of carbonyl (C=O) groups excluding carboxylic acids is 4.